The van der Waals surface area contributed by atoms with Gasteiger partial charge in [-0.1, -0.05) is 79.7 Å². The topological polar surface area (TPSA) is 158 Å². The van der Waals surface area contributed by atoms with E-state index >= 15 is 0 Å². The van der Waals surface area contributed by atoms with Crippen molar-refractivity contribution in [3.63, 3.8) is 0 Å². The van der Waals surface area contributed by atoms with Gasteiger partial charge in [0.15, 0.2) is 12.4 Å². The molecule has 4 atom stereocenters. The summed E-state index contributed by atoms with van der Waals surface area (Å²) in [7, 11) is 1.68. The van der Waals surface area contributed by atoms with Crippen LogP contribution in [0.3, 0.4) is 0 Å². The first kappa shape index (κ1) is 37.9. The summed E-state index contributed by atoms with van der Waals surface area (Å²) in [6.07, 6.45) is 2.15. The Bertz CT molecular complexity index is 1520. The maximum atomic E-state index is 13.9. The van der Waals surface area contributed by atoms with Crippen LogP contribution < -0.4 is 16.0 Å². The van der Waals surface area contributed by atoms with Gasteiger partial charge in [-0.3, -0.25) is 4.79 Å². The molecule has 1 aliphatic rings. The predicted octanol–water partition coefficient (Wildman–Crippen LogP) is 4.20. The van der Waals surface area contributed by atoms with E-state index in [9.17, 15) is 19.5 Å². The van der Waals surface area contributed by atoms with Crippen molar-refractivity contribution in [3.05, 3.63) is 102 Å². The fraction of sp³-hybridized carbons (Fsp3) is 0.459. The molecule has 2 aromatic carbocycles. The molecule has 2 heterocycles. The van der Waals surface area contributed by atoms with E-state index in [4.69, 9.17) is 14.1 Å². The van der Waals surface area contributed by atoms with Gasteiger partial charge < -0.3 is 40.1 Å². The summed E-state index contributed by atoms with van der Waals surface area (Å²) in [6.45, 7) is 8.60. The lowest BCUT2D eigenvalue weighted by atomic mass is 9.93. The molecule has 1 aromatic heterocycles. The lowest BCUT2D eigenvalue weighted by Crippen LogP contribution is -2.56. The molecule has 0 fully saturated rings. The van der Waals surface area contributed by atoms with Crippen molar-refractivity contribution in [2.24, 2.45) is 5.92 Å². The molecule has 13 nitrogen and oxygen atoms in total. The molecule has 0 radical (unpaired) electrons. The second-order valence-electron chi connectivity index (χ2n) is 13.3. The highest BCUT2D eigenvalue weighted by Crippen LogP contribution is 2.17. The number of carbonyl (C=O) groups is 3. The van der Waals surface area contributed by atoms with Gasteiger partial charge in [0.05, 0.1) is 24.9 Å². The van der Waals surface area contributed by atoms with Crippen LogP contribution in [0.5, 0.6) is 0 Å². The molecule has 4 rings (SSSR count). The maximum Gasteiger partial charge on any atom is 0.407 e. The average Bonchev–Trinajstić information content (AvgIpc) is 3.79. The molecule has 4 amide bonds. The van der Waals surface area contributed by atoms with E-state index in [0.717, 1.165) is 16.7 Å². The summed E-state index contributed by atoms with van der Waals surface area (Å²) in [5.74, 6) is -0.221. The Hall–Kier alpha value is -4.88. The molecule has 50 heavy (non-hydrogen) atoms. The molecule has 0 aliphatic carbocycles. The van der Waals surface area contributed by atoms with Gasteiger partial charge in [-0.05, 0) is 50.2 Å². The third-order valence-corrected chi connectivity index (χ3v) is 8.40. The van der Waals surface area contributed by atoms with Crippen LogP contribution in [0.2, 0.25) is 0 Å². The van der Waals surface area contributed by atoms with Gasteiger partial charge >= 0.3 is 12.1 Å². The van der Waals surface area contributed by atoms with E-state index in [1.54, 1.807) is 19.4 Å². The van der Waals surface area contributed by atoms with Crippen LogP contribution in [-0.4, -0.2) is 88.7 Å². The highest BCUT2D eigenvalue weighted by atomic mass is 16.7. The van der Waals surface area contributed by atoms with Gasteiger partial charge in [-0.15, -0.1) is 5.06 Å². The summed E-state index contributed by atoms with van der Waals surface area (Å²) in [5, 5.41) is 25.9. The van der Waals surface area contributed by atoms with Crippen LogP contribution in [0.25, 0.3) is 0 Å². The number of carbonyl (C=O) groups excluding carboxylic acids is 3. The highest BCUT2D eigenvalue weighted by molar-refractivity contribution is 5.87. The minimum Gasteiger partial charge on any atom is -0.441 e. The number of amides is 4. The number of benzene rings is 2. The first-order valence-electron chi connectivity index (χ1n) is 17.0. The number of nitrogens with zero attached hydrogens (tertiary/aromatic N) is 3. The molecule has 0 saturated carbocycles. The highest BCUT2D eigenvalue weighted by Gasteiger charge is 2.31. The quantitative estimate of drug-likeness (QED) is 0.163. The molecule has 3 aromatic rings. The smallest absolute Gasteiger partial charge is 0.407 e. The summed E-state index contributed by atoms with van der Waals surface area (Å²) < 4.78 is 10.3. The maximum absolute atomic E-state index is 13.9. The Morgan fingerprint density at radius 3 is 2.18 bits per heavy atom. The molecule has 1 aliphatic heterocycles. The predicted molar refractivity (Wildman–Crippen MR) is 187 cm³/mol. The Morgan fingerprint density at radius 1 is 0.940 bits per heavy atom. The molecule has 0 bridgehead atoms. The minimum atomic E-state index is -1.08. The van der Waals surface area contributed by atoms with Crippen LogP contribution in [0.1, 0.15) is 51.0 Å². The van der Waals surface area contributed by atoms with Crippen molar-refractivity contribution in [2.75, 3.05) is 20.1 Å². The van der Waals surface area contributed by atoms with Crippen LogP contribution in [0.4, 0.5) is 9.59 Å². The second-order valence-corrected chi connectivity index (χ2v) is 13.3. The molecule has 0 saturated heterocycles. The fourth-order valence-corrected chi connectivity index (χ4v) is 5.60. The molecule has 13 heteroatoms. The number of aliphatic hydroxyl groups is 1. The van der Waals surface area contributed by atoms with Crippen LogP contribution >= 0.6 is 0 Å². The minimum absolute atomic E-state index is 0.111. The normalized spacial score (nSPS) is 15.4. The zero-order valence-corrected chi connectivity index (χ0v) is 29.5. The summed E-state index contributed by atoms with van der Waals surface area (Å²) in [4.78, 5) is 47.1. The third-order valence-electron chi connectivity index (χ3n) is 8.40. The zero-order chi connectivity index (χ0) is 36.0. The van der Waals surface area contributed by atoms with Gasteiger partial charge in [-0.25, -0.2) is 9.59 Å². The van der Waals surface area contributed by atoms with E-state index in [2.05, 4.69) is 21.1 Å². The lowest BCUT2D eigenvalue weighted by molar-refractivity contribution is -0.124. The summed E-state index contributed by atoms with van der Waals surface area (Å²) in [6, 6.07) is 18.4. The van der Waals surface area contributed by atoms with Crippen LogP contribution in [-0.2, 0) is 33.8 Å². The van der Waals surface area contributed by atoms with Gasteiger partial charge in [0.25, 0.3) is 0 Å². The van der Waals surface area contributed by atoms with Crippen molar-refractivity contribution in [3.8, 4) is 0 Å². The summed E-state index contributed by atoms with van der Waals surface area (Å²) >= 11 is 0. The number of hydrogen-bond acceptors (Lipinski definition) is 9. The number of urea groups is 1. The number of rotatable bonds is 17. The van der Waals surface area contributed by atoms with Crippen LogP contribution in [0.15, 0.2) is 89.3 Å². The van der Waals surface area contributed by atoms with E-state index in [1.807, 2.05) is 93.4 Å². The number of alkyl carbamates (subject to hydrolysis) is 1. The third kappa shape index (κ3) is 11.9. The molecule has 0 spiro atoms. The van der Waals surface area contributed by atoms with Crippen molar-refractivity contribution in [1.82, 2.24) is 31.1 Å². The number of ether oxygens (including phenoxy) is 1. The Kier molecular flexibility index (Phi) is 14.2. The number of hydroxylamine groups is 2. The van der Waals surface area contributed by atoms with E-state index in [-0.39, 0.29) is 30.9 Å². The first-order valence-corrected chi connectivity index (χ1v) is 17.0. The number of aliphatic hydroxyl groups excluding tert-OH is 1. The van der Waals surface area contributed by atoms with Gasteiger partial charge in [-0.2, -0.15) is 0 Å². The molecular formula is C37H50N6O7. The van der Waals surface area contributed by atoms with Crippen molar-refractivity contribution in [1.29, 1.82) is 0 Å². The zero-order valence-electron chi connectivity index (χ0n) is 29.5. The van der Waals surface area contributed by atoms with Crippen molar-refractivity contribution in [2.45, 2.75) is 83.8 Å². The van der Waals surface area contributed by atoms with Gasteiger partial charge in [0, 0.05) is 37.3 Å². The second kappa shape index (κ2) is 18.8. The lowest BCUT2D eigenvalue weighted by Gasteiger charge is -2.30. The van der Waals surface area contributed by atoms with Crippen molar-refractivity contribution < 1.29 is 33.6 Å². The first-order chi connectivity index (χ1) is 24.0. The Labute approximate surface area is 293 Å². The summed E-state index contributed by atoms with van der Waals surface area (Å²) in [5.41, 5.74) is 2.80. The Balaban J connectivity index is 1.45. The number of likely N-dealkylation sites (N-methyl/N-ethyl adjacent to an activating group) is 1. The number of hydrogen-bond donors (Lipinski definition) is 4. The molecular weight excluding hydrogens is 640 g/mol. The largest absolute Gasteiger partial charge is 0.441 e. The van der Waals surface area contributed by atoms with Gasteiger partial charge in [0.1, 0.15) is 12.3 Å². The van der Waals surface area contributed by atoms with Gasteiger partial charge in [0.2, 0.25) is 5.91 Å². The monoisotopic (exact) mass is 690 g/mol. The van der Waals surface area contributed by atoms with E-state index in [1.165, 1.54) is 11.1 Å². The fourth-order valence-electron chi connectivity index (χ4n) is 5.60. The molecule has 0 unspecified atom stereocenters. The average molecular weight is 691 g/mol. The SMILES string of the molecule is CC(C)[C@H](NC(=O)N(C)CC1=CON(C(C)C)C1)C(=O)N[C@@H](Cc1ccccc1)C[C@H](O)[C@H](Cc1ccccc1)NC(=O)OCc1ccno1. The molecule has 4 N–H and O–H groups in total. The molecule has 270 valence electrons. The van der Waals surface area contributed by atoms with Crippen LogP contribution in [0, 0.1) is 5.92 Å². The van der Waals surface area contributed by atoms with E-state index < -0.39 is 36.4 Å². The standard InChI is InChI=1S/C37H50N6O7/c1-25(2)34(41-36(46)42(5)21-29-22-43(26(3)4)49-23-29)35(45)39-30(18-27-12-8-6-9-13-27)20-33(44)32(19-28-14-10-7-11-15-28)40-37(47)48-24-31-16-17-38-50-31/h6-17,23,25-26,30,32-34,44H,18-22,24H2,1-5H3,(H,39,45)(H,40,47)(H,41,46)/t30-,32-,33-,34-/m0/s1. The number of aromatic nitrogens is 1. The van der Waals surface area contributed by atoms with E-state index in [0.29, 0.717) is 31.7 Å². The Morgan fingerprint density at radius 2 is 1.60 bits per heavy atom. The number of nitrogens with one attached hydrogen (secondary N) is 3. The van der Waals surface area contributed by atoms with Crippen molar-refractivity contribution >= 4 is 18.0 Å².